The third-order valence-electron chi connectivity index (χ3n) is 3.63. The number of fused-ring (bicyclic) bond motifs is 1. The van der Waals surface area contributed by atoms with Gasteiger partial charge in [0.1, 0.15) is 0 Å². The molecule has 0 bridgehead atoms. The molecule has 0 N–H and O–H groups in total. The highest BCUT2D eigenvalue weighted by Gasteiger charge is 2.24. The molecule has 1 saturated heterocycles. The van der Waals surface area contributed by atoms with Gasteiger partial charge in [-0.15, -0.1) is 11.3 Å². The van der Waals surface area contributed by atoms with Gasteiger partial charge in [0.25, 0.3) is 0 Å². The van der Waals surface area contributed by atoms with Gasteiger partial charge in [0.2, 0.25) is 0 Å². The van der Waals surface area contributed by atoms with Crippen molar-refractivity contribution in [2.75, 3.05) is 25.1 Å². The number of hydrogen-bond donors (Lipinski definition) is 0. The average molecular weight is 276 g/mol. The minimum Gasteiger partial charge on any atom is -0.380 e. The minimum atomic E-state index is 0.255. The van der Waals surface area contributed by atoms with Crippen molar-refractivity contribution in [3.63, 3.8) is 0 Å². The molecule has 0 radical (unpaired) electrons. The molecule has 1 aliphatic heterocycles. The van der Waals surface area contributed by atoms with Crippen LogP contribution < -0.4 is 4.90 Å². The summed E-state index contributed by atoms with van der Waals surface area (Å²) in [5, 5.41) is 1.12. The molecule has 0 spiro atoms. The molecule has 0 aromatic carbocycles. The first-order valence-corrected chi connectivity index (χ1v) is 7.24. The van der Waals surface area contributed by atoms with Gasteiger partial charge >= 0.3 is 0 Å². The number of methoxy groups -OCH3 is 1. The van der Waals surface area contributed by atoms with Crippen molar-refractivity contribution in [3.8, 4) is 0 Å². The van der Waals surface area contributed by atoms with E-state index in [0.717, 1.165) is 52.9 Å². The van der Waals surface area contributed by atoms with Crippen LogP contribution >= 0.6 is 11.3 Å². The number of nitrogens with zero attached hydrogens (tertiary/aromatic N) is 2. The third kappa shape index (κ3) is 2.24. The van der Waals surface area contributed by atoms with E-state index in [2.05, 4.69) is 9.88 Å². The van der Waals surface area contributed by atoms with Crippen LogP contribution in [0.5, 0.6) is 0 Å². The normalized spacial score (nSPS) is 19.8. The molecule has 19 heavy (non-hydrogen) atoms. The zero-order valence-corrected chi connectivity index (χ0v) is 11.7. The number of anilines is 1. The molecule has 4 nitrogen and oxygen atoms in total. The molecule has 1 fully saturated rings. The highest BCUT2D eigenvalue weighted by molar-refractivity contribution is 7.21. The fraction of sp³-hybridized carbons (Fsp3) is 0.429. The van der Waals surface area contributed by atoms with Crippen LogP contribution in [0.2, 0.25) is 0 Å². The number of carbonyl (C=O) groups is 1. The average Bonchev–Trinajstić information content (AvgIpc) is 2.85. The Labute approximate surface area is 116 Å². The third-order valence-corrected chi connectivity index (χ3v) is 4.68. The molecule has 1 atom stereocenters. The highest BCUT2D eigenvalue weighted by atomic mass is 32.1. The molecule has 0 saturated carbocycles. The Bertz CT molecular complexity index is 596. The minimum absolute atomic E-state index is 0.255. The smallest absolute Gasteiger partial charge is 0.162 e. The lowest BCUT2D eigenvalue weighted by Gasteiger charge is -2.33. The van der Waals surface area contributed by atoms with Crippen molar-refractivity contribution in [2.24, 2.45) is 0 Å². The van der Waals surface area contributed by atoms with Crippen LogP contribution in [0.15, 0.2) is 18.5 Å². The number of aldehydes is 1. The predicted octanol–water partition coefficient (Wildman–Crippen LogP) is 2.72. The molecule has 1 unspecified atom stereocenters. The second kappa shape index (κ2) is 5.27. The molecule has 2 aromatic heterocycles. The van der Waals surface area contributed by atoms with E-state index >= 15 is 0 Å². The van der Waals surface area contributed by atoms with Crippen molar-refractivity contribution >= 4 is 33.4 Å². The van der Waals surface area contributed by atoms with E-state index in [9.17, 15) is 4.79 Å². The van der Waals surface area contributed by atoms with Gasteiger partial charge in [0, 0.05) is 38.0 Å². The Kier molecular flexibility index (Phi) is 3.48. The van der Waals surface area contributed by atoms with Gasteiger partial charge in [-0.05, 0) is 18.9 Å². The van der Waals surface area contributed by atoms with Crippen molar-refractivity contribution in [1.82, 2.24) is 4.98 Å². The molecule has 1 aliphatic rings. The molecule has 2 aromatic rings. The molecule has 3 rings (SSSR count). The Morgan fingerprint density at radius 2 is 2.47 bits per heavy atom. The maximum atomic E-state index is 11.3. The first kappa shape index (κ1) is 12.6. The van der Waals surface area contributed by atoms with Gasteiger partial charge in [-0.3, -0.25) is 9.78 Å². The van der Waals surface area contributed by atoms with Crippen LogP contribution in [0.1, 0.15) is 22.5 Å². The zero-order chi connectivity index (χ0) is 13.2. The van der Waals surface area contributed by atoms with E-state index in [-0.39, 0.29) is 6.10 Å². The summed E-state index contributed by atoms with van der Waals surface area (Å²) in [7, 11) is 1.75. The largest absolute Gasteiger partial charge is 0.380 e. The monoisotopic (exact) mass is 276 g/mol. The van der Waals surface area contributed by atoms with Gasteiger partial charge in [0.15, 0.2) is 6.29 Å². The summed E-state index contributed by atoms with van der Waals surface area (Å²) >= 11 is 1.51. The molecule has 3 heterocycles. The van der Waals surface area contributed by atoms with E-state index < -0.39 is 0 Å². The lowest BCUT2D eigenvalue weighted by Crippen LogP contribution is -2.39. The lowest BCUT2D eigenvalue weighted by molar-refractivity contribution is 0.0893. The molecule has 100 valence electrons. The Morgan fingerprint density at radius 3 is 3.26 bits per heavy atom. The van der Waals surface area contributed by atoms with Crippen LogP contribution in [0.3, 0.4) is 0 Å². The van der Waals surface area contributed by atoms with E-state index in [1.165, 1.54) is 11.3 Å². The van der Waals surface area contributed by atoms with Crippen molar-refractivity contribution in [2.45, 2.75) is 18.9 Å². The summed E-state index contributed by atoms with van der Waals surface area (Å²) in [6.07, 6.45) is 7.01. The summed E-state index contributed by atoms with van der Waals surface area (Å²) in [5.41, 5.74) is 1.05. The van der Waals surface area contributed by atoms with Gasteiger partial charge in [-0.1, -0.05) is 0 Å². The predicted molar refractivity (Wildman–Crippen MR) is 77.3 cm³/mol. The summed E-state index contributed by atoms with van der Waals surface area (Å²) in [6.45, 7) is 1.83. The number of carbonyl (C=O) groups excluding carboxylic acids is 1. The number of ether oxygens (including phenoxy) is 1. The quantitative estimate of drug-likeness (QED) is 0.808. The van der Waals surface area contributed by atoms with E-state index in [0.29, 0.717) is 0 Å². The number of thiophene rings is 1. The number of piperidine rings is 1. The first-order chi connectivity index (χ1) is 9.33. The molecular weight excluding hydrogens is 260 g/mol. The number of pyridine rings is 1. The standard InChI is InChI=1S/C14H16N2O2S/c1-18-10-3-2-6-16(8-10)14-11-4-5-15-7-12(11)19-13(14)9-17/h4-5,7,9-10H,2-3,6,8H2,1H3. The lowest BCUT2D eigenvalue weighted by atomic mass is 10.1. The number of aromatic nitrogens is 1. The topological polar surface area (TPSA) is 42.4 Å². The van der Waals surface area contributed by atoms with Gasteiger partial charge < -0.3 is 9.64 Å². The van der Waals surface area contributed by atoms with Crippen LogP contribution in [-0.4, -0.2) is 37.6 Å². The summed E-state index contributed by atoms with van der Waals surface area (Å²) < 4.78 is 6.53. The second-order valence-corrected chi connectivity index (χ2v) is 5.83. The van der Waals surface area contributed by atoms with Crippen LogP contribution in [0.4, 0.5) is 5.69 Å². The Hall–Kier alpha value is -1.46. The summed E-state index contributed by atoms with van der Waals surface area (Å²) in [4.78, 5) is 18.5. The Balaban J connectivity index is 2.05. The molecule has 5 heteroatoms. The second-order valence-electron chi connectivity index (χ2n) is 4.75. The van der Waals surface area contributed by atoms with Crippen molar-refractivity contribution < 1.29 is 9.53 Å². The molecular formula is C14H16N2O2S. The van der Waals surface area contributed by atoms with Crippen LogP contribution in [0, 0.1) is 0 Å². The van der Waals surface area contributed by atoms with Crippen LogP contribution in [0.25, 0.3) is 10.1 Å². The first-order valence-electron chi connectivity index (χ1n) is 6.43. The van der Waals surface area contributed by atoms with E-state index in [1.807, 2.05) is 12.3 Å². The van der Waals surface area contributed by atoms with Gasteiger partial charge in [0.05, 0.1) is 21.4 Å². The van der Waals surface area contributed by atoms with Crippen molar-refractivity contribution in [3.05, 3.63) is 23.3 Å². The fourth-order valence-electron chi connectivity index (χ4n) is 2.70. The number of hydrogen-bond acceptors (Lipinski definition) is 5. The Morgan fingerprint density at radius 1 is 1.58 bits per heavy atom. The fourth-order valence-corrected chi connectivity index (χ4v) is 3.71. The van der Waals surface area contributed by atoms with Gasteiger partial charge in [-0.2, -0.15) is 0 Å². The zero-order valence-electron chi connectivity index (χ0n) is 10.8. The maximum absolute atomic E-state index is 11.3. The molecule has 0 aliphatic carbocycles. The van der Waals surface area contributed by atoms with E-state index in [4.69, 9.17) is 4.74 Å². The summed E-state index contributed by atoms with van der Waals surface area (Å²) in [6, 6.07) is 1.99. The highest BCUT2D eigenvalue weighted by Crippen LogP contribution is 2.38. The summed E-state index contributed by atoms with van der Waals surface area (Å²) in [5.74, 6) is 0. The van der Waals surface area contributed by atoms with E-state index in [1.54, 1.807) is 13.3 Å². The number of rotatable bonds is 3. The maximum Gasteiger partial charge on any atom is 0.162 e. The van der Waals surface area contributed by atoms with Gasteiger partial charge in [-0.25, -0.2) is 0 Å². The van der Waals surface area contributed by atoms with Crippen LogP contribution in [-0.2, 0) is 4.74 Å². The van der Waals surface area contributed by atoms with Crippen molar-refractivity contribution in [1.29, 1.82) is 0 Å². The SMILES string of the molecule is COC1CCCN(c2c(C=O)sc3cnccc23)C1. The molecule has 0 amide bonds.